The Kier molecular flexibility index (Phi) is 4.96. The van der Waals surface area contributed by atoms with Crippen LogP contribution in [0.25, 0.3) is 0 Å². The average Bonchev–Trinajstić information content (AvgIpc) is 2.35. The van der Waals surface area contributed by atoms with Gasteiger partial charge in [0.2, 0.25) is 0 Å². The maximum Gasteiger partial charge on any atom is 0.257 e. The monoisotopic (exact) mass is 279 g/mol. The first kappa shape index (κ1) is 15.8. The van der Waals surface area contributed by atoms with Crippen LogP contribution in [-0.2, 0) is 4.79 Å². The number of rotatable bonds is 4. The highest BCUT2D eigenvalue weighted by Crippen LogP contribution is 2.23. The van der Waals surface area contributed by atoms with Gasteiger partial charge in [0.15, 0.2) is 6.61 Å². The van der Waals surface area contributed by atoms with Crippen molar-refractivity contribution < 1.29 is 14.3 Å². The quantitative estimate of drug-likeness (QED) is 0.714. The molecule has 0 aliphatic carbocycles. The summed E-state index contributed by atoms with van der Waals surface area (Å²) in [6.07, 6.45) is 0. The van der Waals surface area contributed by atoms with Crippen molar-refractivity contribution in [1.82, 2.24) is 10.6 Å². The maximum atomic E-state index is 12.0. The van der Waals surface area contributed by atoms with Gasteiger partial charge in [-0.1, -0.05) is 0 Å². The summed E-state index contributed by atoms with van der Waals surface area (Å²) in [5.41, 5.74) is 6.23. The molecule has 4 N–H and O–H groups in total. The second-order valence-corrected chi connectivity index (χ2v) is 5.42. The van der Waals surface area contributed by atoms with Gasteiger partial charge in [-0.15, -0.1) is 0 Å². The van der Waals surface area contributed by atoms with E-state index in [1.165, 1.54) is 13.1 Å². The van der Waals surface area contributed by atoms with E-state index in [9.17, 15) is 9.59 Å². The number of benzene rings is 1. The van der Waals surface area contributed by atoms with E-state index in [0.29, 0.717) is 17.0 Å². The number of amides is 2. The largest absolute Gasteiger partial charge is 0.482 e. The first-order chi connectivity index (χ1) is 9.23. The Hall–Kier alpha value is -2.24. The molecular formula is C14H21N3O3. The van der Waals surface area contributed by atoms with Crippen molar-refractivity contribution in [2.75, 3.05) is 19.4 Å². The molecule has 110 valence electrons. The van der Waals surface area contributed by atoms with E-state index < -0.39 is 0 Å². The van der Waals surface area contributed by atoms with E-state index in [1.807, 2.05) is 20.8 Å². The second-order valence-electron chi connectivity index (χ2n) is 5.42. The normalized spacial score (nSPS) is 10.8. The number of nitrogens with two attached hydrogens (primary N) is 1. The van der Waals surface area contributed by atoms with Gasteiger partial charge in [0.25, 0.3) is 11.8 Å². The third-order valence-corrected chi connectivity index (χ3v) is 2.40. The van der Waals surface area contributed by atoms with Crippen LogP contribution in [0.2, 0.25) is 0 Å². The molecule has 0 saturated carbocycles. The fourth-order valence-corrected chi connectivity index (χ4v) is 1.43. The minimum Gasteiger partial charge on any atom is -0.482 e. The second kappa shape index (κ2) is 6.27. The predicted molar refractivity (Wildman–Crippen MR) is 77.6 cm³/mol. The molecule has 0 aliphatic heterocycles. The summed E-state index contributed by atoms with van der Waals surface area (Å²) >= 11 is 0. The third-order valence-electron chi connectivity index (χ3n) is 2.40. The van der Waals surface area contributed by atoms with E-state index in [1.54, 1.807) is 12.1 Å². The van der Waals surface area contributed by atoms with Crippen LogP contribution in [0.15, 0.2) is 18.2 Å². The fourth-order valence-electron chi connectivity index (χ4n) is 1.43. The van der Waals surface area contributed by atoms with Crippen LogP contribution in [0.1, 0.15) is 31.1 Å². The van der Waals surface area contributed by atoms with E-state index in [0.717, 1.165) is 0 Å². The molecular weight excluding hydrogens is 258 g/mol. The summed E-state index contributed by atoms with van der Waals surface area (Å²) in [4.78, 5) is 23.2. The van der Waals surface area contributed by atoms with Crippen molar-refractivity contribution in [3.8, 4) is 5.75 Å². The summed E-state index contributed by atoms with van der Waals surface area (Å²) in [5.74, 6) is -0.175. The standard InChI is InChI=1S/C14H21N3O3/c1-14(2,3)17-13(19)9-5-6-10(15)11(7-9)20-8-12(18)16-4/h5-7H,8,15H2,1-4H3,(H,16,18)(H,17,19). The van der Waals surface area contributed by atoms with Gasteiger partial charge in [0, 0.05) is 18.2 Å². The lowest BCUT2D eigenvalue weighted by Gasteiger charge is -2.20. The van der Waals surface area contributed by atoms with Gasteiger partial charge in [-0.3, -0.25) is 9.59 Å². The zero-order chi connectivity index (χ0) is 15.3. The fraction of sp³-hybridized carbons (Fsp3) is 0.429. The molecule has 0 unspecified atom stereocenters. The molecule has 0 atom stereocenters. The number of anilines is 1. The van der Waals surface area contributed by atoms with Crippen LogP contribution in [-0.4, -0.2) is 31.0 Å². The van der Waals surface area contributed by atoms with Crippen molar-refractivity contribution in [2.24, 2.45) is 0 Å². The molecule has 0 spiro atoms. The van der Waals surface area contributed by atoms with Gasteiger partial charge in [-0.05, 0) is 39.0 Å². The summed E-state index contributed by atoms with van der Waals surface area (Å²) in [6.45, 7) is 5.53. The SMILES string of the molecule is CNC(=O)COc1cc(C(=O)NC(C)(C)C)ccc1N. The molecule has 1 aromatic rings. The highest BCUT2D eigenvalue weighted by Gasteiger charge is 2.16. The Bertz CT molecular complexity index is 507. The molecule has 0 radical (unpaired) electrons. The zero-order valence-electron chi connectivity index (χ0n) is 12.2. The summed E-state index contributed by atoms with van der Waals surface area (Å²) in [6, 6.07) is 4.72. The highest BCUT2D eigenvalue weighted by atomic mass is 16.5. The zero-order valence-corrected chi connectivity index (χ0v) is 12.2. The Morgan fingerprint density at radius 2 is 1.95 bits per heavy atom. The van der Waals surface area contributed by atoms with Gasteiger partial charge in [-0.25, -0.2) is 0 Å². The molecule has 1 aromatic carbocycles. The molecule has 0 aromatic heterocycles. The first-order valence-electron chi connectivity index (χ1n) is 6.28. The summed E-state index contributed by atoms with van der Waals surface area (Å²) in [5, 5.41) is 5.28. The van der Waals surface area contributed by atoms with E-state index >= 15 is 0 Å². The van der Waals surface area contributed by atoms with Crippen LogP contribution in [0.4, 0.5) is 5.69 Å². The molecule has 6 nitrogen and oxygen atoms in total. The van der Waals surface area contributed by atoms with Crippen molar-refractivity contribution in [3.63, 3.8) is 0 Å². The summed E-state index contributed by atoms with van der Waals surface area (Å²) < 4.78 is 5.29. The van der Waals surface area contributed by atoms with Crippen molar-refractivity contribution in [2.45, 2.75) is 26.3 Å². The summed E-state index contributed by atoms with van der Waals surface area (Å²) in [7, 11) is 1.52. The minimum atomic E-state index is -0.332. The Morgan fingerprint density at radius 1 is 1.30 bits per heavy atom. The van der Waals surface area contributed by atoms with Crippen LogP contribution < -0.4 is 21.1 Å². The van der Waals surface area contributed by atoms with Crippen LogP contribution in [0.3, 0.4) is 0 Å². The predicted octanol–water partition coefficient (Wildman–Crippen LogP) is 0.922. The van der Waals surface area contributed by atoms with Gasteiger partial charge >= 0.3 is 0 Å². The van der Waals surface area contributed by atoms with Crippen LogP contribution in [0.5, 0.6) is 5.75 Å². The lowest BCUT2D eigenvalue weighted by Crippen LogP contribution is -2.40. The third kappa shape index (κ3) is 4.79. The Morgan fingerprint density at radius 3 is 2.50 bits per heavy atom. The molecule has 6 heteroatoms. The molecule has 0 aliphatic rings. The lowest BCUT2D eigenvalue weighted by molar-refractivity contribution is -0.122. The number of carbonyl (C=O) groups is 2. The van der Waals surface area contributed by atoms with Crippen molar-refractivity contribution >= 4 is 17.5 Å². The molecule has 0 bridgehead atoms. The van der Waals surface area contributed by atoms with E-state index in [2.05, 4.69) is 10.6 Å². The Balaban J connectivity index is 2.85. The van der Waals surface area contributed by atoms with E-state index in [4.69, 9.17) is 10.5 Å². The highest BCUT2D eigenvalue weighted by molar-refractivity contribution is 5.95. The van der Waals surface area contributed by atoms with Crippen LogP contribution >= 0.6 is 0 Å². The molecule has 0 fully saturated rings. The lowest BCUT2D eigenvalue weighted by atomic mass is 10.1. The molecule has 0 saturated heterocycles. The topological polar surface area (TPSA) is 93.4 Å². The molecule has 2 amide bonds. The van der Waals surface area contributed by atoms with Gasteiger partial charge in [0.05, 0.1) is 5.69 Å². The number of nitrogens with one attached hydrogen (secondary N) is 2. The van der Waals surface area contributed by atoms with Gasteiger partial charge in [0.1, 0.15) is 5.75 Å². The average molecular weight is 279 g/mol. The van der Waals surface area contributed by atoms with E-state index in [-0.39, 0.29) is 24.0 Å². The number of nitrogen functional groups attached to an aromatic ring is 1. The van der Waals surface area contributed by atoms with Crippen LogP contribution in [0, 0.1) is 0 Å². The minimum absolute atomic E-state index is 0.148. The smallest absolute Gasteiger partial charge is 0.257 e. The maximum absolute atomic E-state index is 12.0. The number of hydrogen-bond acceptors (Lipinski definition) is 4. The van der Waals surface area contributed by atoms with Crippen molar-refractivity contribution in [3.05, 3.63) is 23.8 Å². The van der Waals surface area contributed by atoms with Gasteiger partial charge in [-0.2, -0.15) is 0 Å². The number of likely N-dealkylation sites (N-methyl/N-ethyl adjacent to an activating group) is 1. The first-order valence-corrected chi connectivity index (χ1v) is 6.28. The number of ether oxygens (including phenoxy) is 1. The molecule has 20 heavy (non-hydrogen) atoms. The number of hydrogen-bond donors (Lipinski definition) is 3. The molecule has 1 rings (SSSR count). The molecule has 0 heterocycles. The van der Waals surface area contributed by atoms with Crippen molar-refractivity contribution in [1.29, 1.82) is 0 Å². The van der Waals surface area contributed by atoms with Gasteiger partial charge < -0.3 is 21.1 Å². The number of carbonyl (C=O) groups excluding carboxylic acids is 2. The Labute approximate surface area is 118 Å².